The number of rotatable bonds is 3. The largest absolute Gasteiger partial charge is 0.489 e. The highest BCUT2D eigenvalue weighted by molar-refractivity contribution is 6.32. The Hall–Kier alpha value is -0.730. The van der Waals surface area contributed by atoms with Gasteiger partial charge < -0.3 is 10.5 Å². The first-order chi connectivity index (χ1) is 8.89. The van der Waals surface area contributed by atoms with E-state index < -0.39 is 0 Å². The molecule has 2 rings (SSSR count). The molecule has 0 saturated heterocycles. The predicted octanol–water partition coefficient (Wildman–Crippen LogP) is 4.39. The molecular weight excluding hydrogens is 258 g/mol. The summed E-state index contributed by atoms with van der Waals surface area (Å²) in [6.07, 6.45) is 3.73. The smallest absolute Gasteiger partial charge is 0.138 e. The van der Waals surface area contributed by atoms with Gasteiger partial charge in [0.15, 0.2) is 0 Å². The van der Waals surface area contributed by atoms with E-state index in [0.29, 0.717) is 22.9 Å². The van der Waals surface area contributed by atoms with Crippen LogP contribution in [0.25, 0.3) is 0 Å². The molecule has 1 aromatic rings. The average molecular weight is 282 g/mol. The Morgan fingerprint density at radius 2 is 2.11 bits per heavy atom. The second-order valence-corrected chi connectivity index (χ2v) is 7.03. The highest BCUT2D eigenvalue weighted by Gasteiger charge is 2.33. The lowest BCUT2D eigenvalue weighted by Crippen LogP contribution is -2.34. The topological polar surface area (TPSA) is 35.2 Å². The van der Waals surface area contributed by atoms with Crippen LogP contribution in [0.2, 0.25) is 5.02 Å². The summed E-state index contributed by atoms with van der Waals surface area (Å²) < 4.78 is 6.12. The van der Waals surface area contributed by atoms with Crippen LogP contribution in [0, 0.1) is 11.3 Å². The number of nitrogens with two attached hydrogens (primary N) is 1. The first-order valence-corrected chi connectivity index (χ1v) is 7.42. The quantitative estimate of drug-likeness (QED) is 0.892. The molecule has 0 spiro atoms. The lowest BCUT2D eigenvalue weighted by atomic mass is 9.71. The number of hydrogen-bond donors (Lipinski definition) is 1. The standard InChI is InChI=1S/C16H24ClNO/c1-11-6-13(9-16(2,3)8-11)19-15-5-4-12(10-18)7-14(15)17/h4-5,7,11,13H,6,8-10,18H2,1-3H3. The molecule has 0 heterocycles. The molecule has 2 nitrogen and oxygen atoms in total. The summed E-state index contributed by atoms with van der Waals surface area (Å²) in [5.41, 5.74) is 7.00. The van der Waals surface area contributed by atoms with Crippen molar-refractivity contribution in [1.82, 2.24) is 0 Å². The van der Waals surface area contributed by atoms with E-state index in [4.69, 9.17) is 22.1 Å². The van der Waals surface area contributed by atoms with E-state index in [0.717, 1.165) is 24.2 Å². The van der Waals surface area contributed by atoms with Gasteiger partial charge >= 0.3 is 0 Å². The summed E-state index contributed by atoms with van der Waals surface area (Å²) in [5, 5.41) is 0.666. The Labute approximate surface area is 121 Å². The molecule has 0 bridgehead atoms. The van der Waals surface area contributed by atoms with Crippen molar-refractivity contribution in [3.63, 3.8) is 0 Å². The third-order valence-electron chi connectivity index (χ3n) is 3.87. The van der Waals surface area contributed by atoms with Gasteiger partial charge in [-0.25, -0.2) is 0 Å². The third-order valence-corrected chi connectivity index (χ3v) is 4.17. The second kappa shape index (κ2) is 5.72. The molecule has 0 radical (unpaired) electrons. The minimum absolute atomic E-state index is 0.264. The molecule has 2 unspecified atom stereocenters. The highest BCUT2D eigenvalue weighted by Crippen LogP contribution is 2.40. The van der Waals surface area contributed by atoms with Crippen molar-refractivity contribution in [1.29, 1.82) is 0 Å². The van der Waals surface area contributed by atoms with Crippen molar-refractivity contribution >= 4 is 11.6 Å². The zero-order chi connectivity index (χ0) is 14.0. The van der Waals surface area contributed by atoms with Crippen molar-refractivity contribution in [2.24, 2.45) is 17.1 Å². The van der Waals surface area contributed by atoms with Gasteiger partial charge in [0.25, 0.3) is 0 Å². The number of halogens is 1. The van der Waals surface area contributed by atoms with Crippen molar-refractivity contribution in [3.05, 3.63) is 28.8 Å². The number of benzene rings is 1. The van der Waals surface area contributed by atoms with Crippen LogP contribution in [0.3, 0.4) is 0 Å². The fourth-order valence-corrected chi connectivity index (χ4v) is 3.54. The zero-order valence-electron chi connectivity index (χ0n) is 12.1. The highest BCUT2D eigenvalue weighted by atomic mass is 35.5. The van der Waals surface area contributed by atoms with Crippen LogP contribution in [-0.2, 0) is 6.54 Å². The second-order valence-electron chi connectivity index (χ2n) is 6.62. The molecule has 106 valence electrons. The molecule has 1 saturated carbocycles. The average Bonchev–Trinajstić information content (AvgIpc) is 2.29. The van der Waals surface area contributed by atoms with E-state index >= 15 is 0 Å². The predicted molar refractivity (Wildman–Crippen MR) is 80.6 cm³/mol. The zero-order valence-corrected chi connectivity index (χ0v) is 12.8. The summed E-state index contributed by atoms with van der Waals surface area (Å²) in [6.45, 7) is 7.44. The van der Waals surface area contributed by atoms with Gasteiger partial charge in [-0.1, -0.05) is 38.4 Å². The molecule has 0 aromatic heterocycles. The Morgan fingerprint density at radius 3 is 2.68 bits per heavy atom. The van der Waals surface area contributed by atoms with Gasteiger partial charge in [-0.15, -0.1) is 0 Å². The lowest BCUT2D eigenvalue weighted by molar-refractivity contribution is 0.0563. The van der Waals surface area contributed by atoms with E-state index in [1.807, 2.05) is 18.2 Å². The molecule has 2 N–H and O–H groups in total. The molecule has 2 atom stereocenters. The molecule has 0 amide bonds. The van der Waals surface area contributed by atoms with Gasteiger partial charge in [-0.2, -0.15) is 0 Å². The van der Waals surface area contributed by atoms with Gasteiger partial charge in [0.05, 0.1) is 11.1 Å². The van der Waals surface area contributed by atoms with Gasteiger partial charge in [0.1, 0.15) is 5.75 Å². The van der Waals surface area contributed by atoms with E-state index in [2.05, 4.69) is 20.8 Å². The van der Waals surface area contributed by atoms with Crippen LogP contribution in [0.1, 0.15) is 45.6 Å². The van der Waals surface area contributed by atoms with Crippen molar-refractivity contribution < 1.29 is 4.74 Å². The summed E-state index contributed by atoms with van der Waals surface area (Å²) in [6, 6.07) is 5.82. The van der Waals surface area contributed by atoms with Crippen LogP contribution in [0.15, 0.2) is 18.2 Å². The molecule has 0 aliphatic heterocycles. The third kappa shape index (κ3) is 3.87. The van der Waals surface area contributed by atoms with Crippen molar-refractivity contribution in [3.8, 4) is 5.75 Å². The minimum Gasteiger partial charge on any atom is -0.489 e. The van der Waals surface area contributed by atoms with Crippen molar-refractivity contribution in [2.75, 3.05) is 0 Å². The Balaban J connectivity index is 2.08. The molecule has 1 aliphatic carbocycles. The number of hydrogen-bond acceptors (Lipinski definition) is 2. The summed E-state index contributed by atoms with van der Waals surface area (Å²) >= 11 is 6.25. The van der Waals surface area contributed by atoms with Crippen molar-refractivity contribution in [2.45, 2.75) is 52.7 Å². The van der Waals surface area contributed by atoms with E-state index in [1.54, 1.807) is 0 Å². The molecule has 3 heteroatoms. The molecule has 1 aromatic carbocycles. The van der Waals surface area contributed by atoms with E-state index in [9.17, 15) is 0 Å². The Bertz CT molecular complexity index is 444. The first kappa shape index (κ1) is 14.7. The fraction of sp³-hybridized carbons (Fsp3) is 0.625. The normalized spacial score (nSPS) is 26.2. The SMILES string of the molecule is CC1CC(Oc2ccc(CN)cc2Cl)CC(C)(C)C1. The van der Waals surface area contributed by atoms with Gasteiger partial charge in [-0.3, -0.25) is 0 Å². The van der Waals surface area contributed by atoms with Gasteiger partial charge in [0.2, 0.25) is 0 Å². The molecule has 19 heavy (non-hydrogen) atoms. The first-order valence-electron chi connectivity index (χ1n) is 7.05. The van der Waals surface area contributed by atoms with E-state index in [-0.39, 0.29) is 6.10 Å². The summed E-state index contributed by atoms with van der Waals surface area (Å²) in [5.74, 6) is 1.49. The van der Waals surface area contributed by atoms with Gasteiger partial charge in [-0.05, 0) is 48.3 Å². The van der Waals surface area contributed by atoms with Crippen LogP contribution in [0.5, 0.6) is 5.75 Å². The molecule has 1 fully saturated rings. The maximum absolute atomic E-state index is 6.25. The molecule has 1 aliphatic rings. The van der Waals surface area contributed by atoms with Crippen LogP contribution < -0.4 is 10.5 Å². The van der Waals surface area contributed by atoms with Crippen LogP contribution in [-0.4, -0.2) is 6.10 Å². The minimum atomic E-state index is 0.264. The molecular formula is C16H24ClNO. The summed E-state index contributed by atoms with van der Waals surface area (Å²) in [7, 11) is 0. The maximum atomic E-state index is 6.25. The maximum Gasteiger partial charge on any atom is 0.138 e. The Kier molecular flexibility index (Phi) is 4.42. The van der Waals surface area contributed by atoms with Crippen LogP contribution in [0.4, 0.5) is 0 Å². The lowest BCUT2D eigenvalue weighted by Gasteiger charge is -2.39. The summed E-state index contributed by atoms with van der Waals surface area (Å²) in [4.78, 5) is 0. The monoisotopic (exact) mass is 281 g/mol. The fourth-order valence-electron chi connectivity index (χ4n) is 3.29. The number of ether oxygens (including phenoxy) is 1. The Morgan fingerprint density at radius 1 is 1.37 bits per heavy atom. The van der Waals surface area contributed by atoms with Gasteiger partial charge in [0, 0.05) is 6.54 Å². The van der Waals surface area contributed by atoms with Crippen LogP contribution >= 0.6 is 11.6 Å². The van der Waals surface area contributed by atoms with E-state index in [1.165, 1.54) is 6.42 Å².